The molecule has 0 spiro atoms. The molecule has 0 amide bonds. The van der Waals surface area contributed by atoms with Crippen molar-refractivity contribution in [2.45, 2.75) is 63.7 Å². The van der Waals surface area contributed by atoms with Crippen LogP contribution in [0.2, 0.25) is 0 Å². The monoisotopic (exact) mass is 514 g/mol. The van der Waals surface area contributed by atoms with Gasteiger partial charge < -0.3 is 20.3 Å². The van der Waals surface area contributed by atoms with Gasteiger partial charge in [-0.2, -0.15) is 0 Å². The first kappa shape index (κ1) is 26.4. The Labute approximate surface area is 227 Å². The molecule has 3 aromatic rings. The van der Waals surface area contributed by atoms with Crippen LogP contribution in [0, 0.1) is 0 Å². The van der Waals surface area contributed by atoms with E-state index in [0.29, 0.717) is 17.4 Å². The van der Waals surface area contributed by atoms with Gasteiger partial charge in [-0.3, -0.25) is 4.90 Å². The van der Waals surface area contributed by atoms with E-state index in [2.05, 4.69) is 46.6 Å². The fourth-order valence-corrected chi connectivity index (χ4v) is 5.98. The largest absolute Gasteiger partial charge is 0.508 e. The van der Waals surface area contributed by atoms with Gasteiger partial charge in [-0.25, -0.2) is 0 Å². The number of phenolic OH excluding ortho intramolecular Hbond substituents is 2. The van der Waals surface area contributed by atoms with Crippen LogP contribution in [-0.4, -0.2) is 47.9 Å². The van der Waals surface area contributed by atoms with Crippen molar-refractivity contribution in [2.75, 3.05) is 38.1 Å². The van der Waals surface area contributed by atoms with E-state index in [9.17, 15) is 10.2 Å². The van der Waals surface area contributed by atoms with E-state index in [4.69, 9.17) is 4.74 Å². The first-order valence-electron chi connectivity index (χ1n) is 14.5. The summed E-state index contributed by atoms with van der Waals surface area (Å²) in [7, 11) is 0. The molecule has 1 unspecified atom stereocenters. The van der Waals surface area contributed by atoms with E-state index in [1.54, 1.807) is 12.1 Å². The number of hydrogen-bond acceptors (Lipinski definition) is 5. The molecule has 202 valence electrons. The lowest BCUT2D eigenvalue weighted by Gasteiger charge is -2.27. The topological polar surface area (TPSA) is 65.0 Å². The molecule has 0 bridgehead atoms. The molecule has 1 fully saturated rings. The molecule has 5 heteroatoms. The Bertz CT molecular complexity index is 1170. The fourth-order valence-electron chi connectivity index (χ4n) is 5.98. The van der Waals surface area contributed by atoms with Crippen LogP contribution in [0.3, 0.4) is 0 Å². The van der Waals surface area contributed by atoms with E-state index >= 15 is 0 Å². The average Bonchev–Trinajstić information content (AvgIpc) is 3.21. The van der Waals surface area contributed by atoms with E-state index in [-0.39, 0.29) is 0 Å². The standard InChI is InChI=1S/C33H42N2O3/c36-29-12-11-26-22-28(10-9-27(26)23-29)32-16-13-30(37)24-33(32)34-17-5-6-25-7-14-31(15-8-25)38-21-20-35-18-3-1-2-4-19-35/h7-8,11-16,23-24,28,34,36-37H,1-6,9-10,17-22H2. The Morgan fingerprint density at radius 2 is 1.61 bits per heavy atom. The van der Waals surface area contributed by atoms with E-state index < -0.39 is 0 Å². The Hall–Kier alpha value is -3.18. The number of aromatic hydroxyl groups is 2. The van der Waals surface area contributed by atoms with Gasteiger partial charge >= 0.3 is 0 Å². The first-order valence-corrected chi connectivity index (χ1v) is 14.5. The highest BCUT2D eigenvalue weighted by Gasteiger charge is 2.23. The van der Waals surface area contributed by atoms with Gasteiger partial charge in [0.2, 0.25) is 0 Å². The third-order valence-corrected chi connectivity index (χ3v) is 8.15. The molecule has 1 saturated heterocycles. The highest BCUT2D eigenvalue weighted by atomic mass is 16.5. The van der Waals surface area contributed by atoms with E-state index in [1.807, 2.05) is 12.1 Å². The number of nitrogens with one attached hydrogen (secondary N) is 1. The molecular weight excluding hydrogens is 472 g/mol. The van der Waals surface area contributed by atoms with Crippen molar-refractivity contribution in [3.63, 3.8) is 0 Å². The molecule has 3 aromatic carbocycles. The Balaban J connectivity index is 1.08. The summed E-state index contributed by atoms with van der Waals surface area (Å²) < 4.78 is 6.01. The van der Waals surface area contributed by atoms with Crippen LogP contribution in [0.25, 0.3) is 0 Å². The predicted molar refractivity (Wildman–Crippen MR) is 155 cm³/mol. The molecule has 5 rings (SSSR count). The summed E-state index contributed by atoms with van der Waals surface area (Å²) in [4.78, 5) is 2.53. The van der Waals surface area contributed by atoms with Gasteiger partial charge in [0.05, 0.1) is 0 Å². The van der Waals surface area contributed by atoms with Gasteiger partial charge in [0.15, 0.2) is 0 Å². The molecule has 0 saturated carbocycles. The number of anilines is 1. The number of fused-ring (bicyclic) bond motifs is 1. The number of ether oxygens (including phenoxy) is 1. The zero-order valence-electron chi connectivity index (χ0n) is 22.5. The van der Waals surface area contributed by atoms with Gasteiger partial charge in [0, 0.05) is 24.8 Å². The van der Waals surface area contributed by atoms with Crippen LogP contribution in [-0.2, 0) is 19.3 Å². The second-order valence-electron chi connectivity index (χ2n) is 10.9. The van der Waals surface area contributed by atoms with Crippen molar-refractivity contribution in [1.82, 2.24) is 4.90 Å². The zero-order chi connectivity index (χ0) is 26.2. The number of phenols is 2. The average molecular weight is 515 g/mol. The summed E-state index contributed by atoms with van der Waals surface area (Å²) in [5.74, 6) is 2.00. The van der Waals surface area contributed by atoms with Crippen molar-refractivity contribution in [2.24, 2.45) is 0 Å². The van der Waals surface area contributed by atoms with Crippen LogP contribution in [0.1, 0.15) is 66.7 Å². The van der Waals surface area contributed by atoms with Crippen molar-refractivity contribution < 1.29 is 14.9 Å². The predicted octanol–water partition coefficient (Wildman–Crippen LogP) is 6.67. The maximum atomic E-state index is 10.2. The van der Waals surface area contributed by atoms with Crippen LogP contribution in [0.4, 0.5) is 5.69 Å². The van der Waals surface area contributed by atoms with E-state index in [1.165, 1.54) is 61.0 Å². The van der Waals surface area contributed by atoms with Crippen LogP contribution in [0.15, 0.2) is 60.7 Å². The molecule has 38 heavy (non-hydrogen) atoms. The summed E-state index contributed by atoms with van der Waals surface area (Å²) in [5.41, 5.74) is 6.18. The van der Waals surface area contributed by atoms with Crippen molar-refractivity contribution in [1.29, 1.82) is 0 Å². The molecule has 1 aliphatic heterocycles. The third kappa shape index (κ3) is 7.22. The minimum atomic E-state index is 0.295. The highest BCUT2D eigenvalue weighted by Crippen LogP contribution is 2.38. The van der Waals surface area contributed by atoms with Crippen molar-refractivity contribution >= 4 is 5.69 Å². The summed E-state index contributed by atoms with van der Waals surface area (Å²) in [6.07, 6.45) is 10.3. The lowest BCUT2D eigenvalue weighted by molar-refractivity contribution is 0.214. The number of aryl methyl sites for hydroxylation is 2. The van der Waals surface area contributed by atoms with Crippen LogP contribution >= 0.6 is 0 Å². The smallest absolute Gasteiger partial charge is 0.119 e. The Kier molecular flexibility index (Phi) is 9.08. The molecule has 1 aliphatic carbocycles. The molecule has 1 heterocycles. The Morgan fingerprint density at radius 3 is 2.42 bits per heavy atom. The molecule has 1 atom stereocenters. The molecular formula is C33H42N2O3. The van der Waals surface area contributed by atoms with Crippen LogP contribution < -0.4 is 10.1 Å². The van der Waals surface area contributed by atoms with Gasteiger partial charge in [-0.05, 0) is 117 Å². The normalized spacial score (nSPS) is 17.9. The summed E-state index contributed by atoms with van der Waals surface area (Å²) in [6, 6.07) is 20.0. The highest BCUT2D eigenvalue weighted by molar-refractivity contribution is 5.57. The van der Waals surface area contributed by atoms with Gasteiger partial charge in [0.25, 0.3) is 0 Å². The third-order valence-electron chi connectivity index (χ3n) is 8.15. The molecule has 3 N–H and O–H groups in total. The van der Waals surface area contributed by atoms with E-state index in [0.717, 1.165) is 63.2 Å². The fraction of sp³-hybridized carbons (Fsp3) is 0.455. The van der Waals surface area contributed by atoms with Gasteiger partial charge in [-0.1, -0.05) is 37.1 Å². The quantitative estimate of drug-likeness (QED) is 0.264. The molecule has 0 aromatic heterocycles. The summed E-state index contributed by atoms with van der Waals surface area (Å²) in [6.45, 7) is 5.04. The zero-order valence-corrected chi connectivity index (χ0v) is 22.5. The lowest BCUT2D eigenvalue weighted by atomic mass is 9.79. The van der Waals surface area contributed by atoms with Crippen molar-refractivity contribution in [3.05, 3.63) is 82.9 Å². The van der Waals surface area contributed by atoms with Gasteiger partial charge in [-0.15, -0.1) is 0 Å². The maximum Gasteiger partial charge on any atom is 0.119 e. The van der Waals surface area contributed by atoms with Gasteiger partial charge in [0.1, 0.15) is 23.9 Å². The number of hydrogen-bond donors (Lipinski definition) is 3. The van der Waals surface area contributed by atoms with Crippen molar-refractivity contribution in [3.8, 4) is 17.2 Å². The SMILES string of the molecule is Oc1ccc2c(c1)CCC(c1ccc(O)cc1NCCCc1ccc(OCCN3CCCCCC3)cc1)C2. The maximum absolute atomic E-state index is 10.2. The first-order chi connectivity index (χ1) is 18.6. The number of benzene rings is 3. The summed E-state index contributed by atoms with van der Waals surface area (Å²) in [5, 5.41) is 23.6. The molecule has 5 nitrogen and oxygen atoms in total. The second kappa shape index (κ2) is 13.1. The minimum Gasteiger partial charge on any atom is -0.508 e. The molecule has 2 aliphatic rings. The lowest BCUT2D eigenvalue weighted by Crippen LogP contribution is -2.29. The minimum absolute atomic E-state index is 0.295. The Morgan fingerprint density at radius 1 is 0.842 bits per heavy atom. The van der Waals surface area contributed by atoms with Crippen LogP contribution in [0.5, 0.6) is 17.2 Å². The second-order valence-corrected chi connectivity index (χ2v) is 10.9. The number of nitrogens with zero attached hydrogens (tertiary/aromatic N) is 1. The number of rotatable bonds is 10. The number of likely N-dealkylation sites (tertiary alicyclic amines) is 1. The molecule has 0 radical (unpaired) electrons. The summed E-state index contributed by atoms with van der Waals surface area (Å²) >= 11 is 0.